The van der Waals surface area contributed by atoms with Gasteiger partial charge in [-0.05, 0) is 37.0 Å². The van der Waals surface area contributed by atoms with Crippen molar-refractivity contribution in [2.75, 3.05) is 6.61 Å². The molecule has 0 aliphatic rings. The molecule has 0 spiro atoms. The fraction of sp³-hybridized carbons (Fsp3) is 0.600. The highest BCUT2D eigenvalue weighted by Gasteiger charge is 2.16. The van der Waals surface area contributed by atoms with Crippen LogP contribution in [-0.2, 0) is 6.42 Å². The van der Waals surface area contributed by atoms with E-state index in [9.17, 15) is 9.50 Å². The molecule has 0 aromatic heterocycles. The molecule has 0 aliphatic carbocycles. The molecule has 0 saturated carbocycles. The van der Waals surface area contributed by atoms with Gasteiger partial charge in [0.15, 0.2) is 0 Å². The Balaban J connectivity index is 2.49. The minimum Gasteiger partial charge on any atom is -0.395 e. The van der Waals surface area contributed by atoms with Gasteiger partial charge >= 0.3 is 0 Å². The molecule has 1 unspecified atom stereocenters. The van der Waals surface area contributed by atoms with Gasteiger partial charge in [0.1, 0.15) is 5.82 Å². The third kappa shape index (κ3) is 4.75. The molecule has 0 radical (unpaired) electrons. The van der Waals surface area contributed by atoms with Crippen LogP contribution in [0.3, 0.4) is 0 Å². The van der Waals surface area contributed by atoms with Crippen molar-refractivity contribution >= 4 is 0 Å². The zero-order chi connectivity index (χ0) is 13.5. The van der Waals surface area contributed by atoms with Gasteiger partial charge in [-0.2, -0.15) is 0 Å². The van der Waals surface area contributed by atoms with Crippen molar-refractivity contribution in [3.05, 3.63) is 35.6 Å². The van der Waals surface area contributed by atoms with E-state index >= 15 is 0 Å². The highest BCUT2D eigenvalue weighted by atomic mass is 19.1. The van der Waals surface area contributed by atoms with Crippen molar-refractivity contribution < 1.29 is 9.50 Å². The summed E-state index contributed by atoms with van der Waals surface area (Å²) in [5, 5.41) is 12.8. The SMILES string of the molecule is CC[C@H](C)[C@@H](CO)NC(C)Cc1ccc(F)cc1. The van der Waals surface area contributed by atoms with E-state index in [1.54, 1.807) is 0 Å². The van der Waals surface area contributed by atoms with Crippen molar-refractivity contribution in [3.63, 3.8) is 0 Å². The highest BCUT2D eigenvalue weighted by Crippen LogP contribution is 2.10. The second-order valence-corrected chi connectivity index (χ2v) is 5.07. The second-order valence-electron chi connectivity index (χ2n) is 5.07. The van der Waals surface area contributed by atoms with Gasteiger partial charge in [0.25, 0.3) is 0 Å². The van der Waals surface area contributed by atoms with Crippen LogP contribution in [0.2, 0.25) is 0 Å². The first-order valence-electron chi connectivity index (χ1n) is 6.68. The van der Waals surface area contributed by atoms with Crippen LogP contribution in [0.25, 0.3) is 0 Å². The van der Waals surface area contributed by atoms with E-state index in [2.05, 4.69) is 26.1 Å². The van der Waals surface area contributed by atoms with Crippen LogP contribution in [-0.4, -0.2) is 23.8 Å². The molecule has 0 bridgehead atoms. The van der Waals surface area contributed by atoms with E-state index < -0.39 is 0 Å². The van der Waals surface area contributed by atoms with Crippen molar-refractivity contribution in [1.82, 2.24) is 5.32 Å². The molecule has 1 rings (SSSR count). The number of benzene rings is 1. The highest BCUT2D eigenvalue weighted by molar-refractivity contribution is 5.17. The summed E-state index contributed by atoms with van der Waals surface area (Å²) in [7, 11) is 0. The lowest BCUT2D eigenvalue weighted by Crippen LogP contribution is -2.44. The Morgan fingerprint density at radius 2 is 1.83 bits per heavy atom. The molecule has 1 aromatic carbocycles. The summed E-state index contributed by atoms with van der Waals surface area (Å²) in [4.78, 5) is 0. The van der Waals surface area contributed by atoms with E-state index in [4.69, 9.17) is 0 Å². The van der Waals surface area contributed by atoms with Gasteiger partial charge in [-0.1, -0.05) is 32.4 Å². The number of rotatable bonds is 7. The van der Waals surface area contributed by atoms with Crippen molar-refractivity contribution in [1.29, 1.82) is 0 Å². The van der Waals surface area contributed by atoms with Gasteiger partial charge in [0.2, 0.25) is 0 Å². The quantitative estimate of drug-likeness (QED) is 0.783. The molecule has 2 nitrogen and oxygen atoms in total. The standard InChI is InChI=1S/C15H24FNO/c1-4-11(2)15(10-18)17-12(3)9-13-5-7-14(16)8-6-13/h5-8,11-12,15,17-18H,4,9-10H2,1-3H3/t11-,12?,15+/m0/s1. The lowest BCUT2D eigenvalue weighted by Gasteiger charge is -2.26. The van der Waals surface area contributed by atoms with E-state index in [0.717, 1.165) is 18.4 Å². The Hall–Kier alpha value is -0.930. The van der Waals surface area contributed by atoms with Gasteiger partial charge in [0, 0.05) is 12.1 Å². The van der Waals surface area contributed by atoms with Gasteiger partial charge < -0.3 is 10.4 Å². The summed E-state index contributed by atoms with van der Waals surface area (Å²) in [5.41, 5.74) is 1.11. The molecule has 0 heterocycles. The van der Waals surface area contributed by atoms with Crippen LogP contribution < -0.4 is 5.32 Å². The maximum absolute atomic E-state index is 12.8. The minimum atomic E-state index is -0.202. The molecular formula is C15H24FNO. The minimum absolute atomic E-state index is 0.130. The number of hydrogen-bond acceptors (Lipinski definition) is 2. The number of halogens is 1. The van der Waals surface area contributed by atoms with E-state index in [-0.39, 0.29) is 24.5 Å². The molecule has 0 fully saturated rings. The summed E-state index contributed by atoms with van der Waals surface area (Å²) in [6, 6.07) is 6.99. The normalized spacial score (nSPS) is 16.3. The Kier molecular flexibility index (Phi) is 6.30. The summed E-state index contributed by atoms with van der Waals surface area (Å²) < 4.78 is 12.8. The molecule has 3 heteroatoms. The van der Waals surface area contributed by atoms with Crippen LogP contribution in [0.4, 0.5) is 4.39 Å². The van der Waals surface area contributed by atoms with Gasteiger partial charge in [0.05, 0.1) is 6.61 Å². The lowest BCUT2D eigenvalue weighted by atomic mass is 9.98. The summed E-state index contributed by atoms with van der Waals surface area (Å²) >= 11 is 0. The number of hydrogen-bond donors (Lipinski definition) is 2. The molecule has 0 aliphatic heterocycles. The third-order valence-electron chi connectivity index (χ3n) is 3.48. The molecule has 18 heavy (non-hydrogen) atoms. The summed E-state index contributed by atoms with van der Waals surface area (Å²) in [5.74, 6) is 0.248. The van der Waals surface area contributed by atoms with E-state index in [1.807, 2.05) is 12.1 Å². The van der Waals surface area contributed by atoms with Gasteiger partial charge in [-0.3, -0.25) is 0 Å². The lowest BCUT2D eigenvalue weighted by molar-refractivity contribution is 0.192. The Morgan fingerprint density at radius 1 is 1.22 bits per heavy atom. The van der Waals surface area contributed by atoms with E-state index in [1.165, 1.54) is 12.1 Å². The number of aliphatic hydroxyl groups is 1. The topological polar surface area (TPSA) is 32.3 Å². The third-order valence-corrected chi connectivity index (χ3v) is 3.48. The molecule has 0 amide bonds. The summed E-state index contributed by atoms with van der Waals surface area (Å²) in [6.45, 7) is 6.51. The zero-order valence-corrected chi connectivity index (χ0v) is 11.5. The van der Waals surface area contributed by atoms with Crippen molar-refractivity contribution in [3.8, 4) is 0 Å². The zero-order valence-electron chi connectivity index (χ0n) is 11.5. The van der Waals surface area contributed by atoms with Crippen LogP contribution >= 0.6 is 0 Å². The Morgan fingerprint density at radius 3 is 2.33 bits per heavy atom. The molecular weight excluding hydrogens is 229 g/mol. The monoisotopic (exact) mass is 253 g/mol. The summed E-state index contributed by atoms with van der Waals surface area (Å²) in [6.07, 6.45) is 1.88. The largest absolute Gasteiger partial charge is 0.395 e. The average Bonchev–Trinajstić information content (AvgIpc) is 2.37. The Labute approximate surface area is 109 Å². The fourth-order valence-corrected chi connectivity index (χ4v) is 2.08. The average molecular weight is 253 g/mol. The first-order valence-corrected chi connectivity index (χ1v) is 6.68. The van der Waals surface area contributed by atoms with Gasteiger partial charge in [-0.25, -0.2) is 4.39 Å². The predicted molar refractivity (Wildman–Crippen MR) is 73.0 cm³/mol. The van der Waals surface area contributed by atoms with Crippen molar-refractivity contribution in [2.45, 2.75) is 45.7 Å². The number of aliphatic hydroxyl groups excluding tert-OH is 1. The molecule has 2 N–H and O–H groups in total. The van der Waals surface area contributed by atoms with Crippen LogP contribution in [0.1, 0.15) is 32.8 Å². The van der Waals surface area contributed by atoms with Crippen molar-refractivity contribution in [2.24, 2.45) is 5.92 Å². The van der Waals surface area contributed by atoms with Crippen LogP contribution in [0, 0.1) is 11.7 Å². The molecule has 102 valence electrons. The smallest absolute Gasteiger partial charge is 0.123 e. The Bertz CT molecular complexity index is 339. The molecule has 0 saturated heterocycles. The first kappa shape index (κ1) is 15.1. The fourth-order valence-electron chi connectivity index (χ4n) is 2.08. The molecule has 3 atom stereocenters. The van der Waals surface area contributed by atoms with Crippen LogP contribution in [0.15, 0.2) is 24.3 Å². The number of nitrogens with one attached hydrogen (secondary N) is 1. The van der Waals surface area contributed by atoms with E-state index in [0.29, 0.717) is 5.92 Å². The predicted octanol–water partition coefficient (Wildman–Crippen LogP) is 2.75. The first-order chi connectivity index (χ1) is 8.56. The van der Waals surface area contributed by atoms with Crippen LogP contribution in [0.5, 0.6) is 0 Å². The maximum Gasteiger partial charge on any atom is 0.123 e. The second kappa shape index (κ2) is 7.49. The van der Waals surface area contributed by atoms with Gasteiger partial charge in [-0.15, -0.1) is 0 Å². The molecule has 1 aromatic rings. The maximum atomic E-state index is 12.8.